The Balaban J connectivity index is 2.29. The number of nitrogen functional groups attached to an aromatic ring is 1. The summed E-state index contributed by atoms with van der Waals surface area (Å²) < 4.78 is 71.0. The molecule has 3 aromatic rings. The van der Waals surface area contributed by atoms with Gasteiger partial charge in [0.05, 0.1) is 29.3 Å². The van der Waals surface area contributed by atoms with E-state index in [0.717, 1.165) is 6.07 Å². The molecule has 0 saturated heterocycles. The monoisotopic (exact) mass is 428 g/mol. The second-order valence-corrected chi connectivity index (χ2v) is 10.0. The number of methoxy groups -OCH3 is 1. The van der Waals surface area contributed by atoms with Crippen molar-refractivity contribution in [3.8, 4) is 17.0 Å². The summed E-state index contributed by atoms with van der Waals surface area (Å²) in [6.07, 6.45) is -0.885. The lowest BCUT2D eigenvalue weighted by Crippen LogP contribution is -2.28. The molecule has 0 aromatic carbocycles. The van der Waals surface area contributed by atoms with Crippen LogP contribution in [0.4, 0.5) is 19.0 Å². The molecule has 3 heterocycles. The third-order valence-electron chi connectivity index (χ3n) is 4.41. The first-order valence-electron chi connectivity index (χ1n) is 8.40. The van der Waals surface area contributed by atoms with Crippen molar-refractivity contribution in [2.45, 2.75) is 36.6 Å². The second-order valence-electron chi connectivity index (χ2n) is 7.35. The number of imidazole rings is 1. The minimum absolute atomic E-state index is 0.0864. The van der Waals surface area contributed by atoms with Gasteiger partial charge < -0.3 is 10.5 Å². The first-order valence-corrected chi connectivity index (χ1v) is 9.88. The molecule has 0 aliphatic rings. The van der Waals surface area contributed by atoms with Gasteiger partial charge in [-0.1, -0.05) is 0 Å². The van der Waals surface area contributed by atoms with E-state index in [1.165, 1.54) is 36.2 Å². The molecule has 29 heavy (non-hydrogen) atoms. The third-order valence-corrected chi connectivity index (χ3v) is 6.91. The highest BCUT2D eigenvalue weighted by atomic mass is 32.2. The van der Waals surface area contributed by atoms with Crippen molar-refractivity contribution in [2.75, 3.05) is 12.8 Å². The largest absolute Gasteiger partial charge is 0.495 e. The fourth-order valence-corrected chi connectivity index (χ4v) is 4.05. The molecule has 11 heteroatoms. The Kier molecular flexibility index (Phi) is 4.77. The first-order chi connectivity index (χ1) is 13.3. The lowest BCUT2D eigenvalue weighted by molar-refractivity contribution is -0.137. The number of hydrogen-bond acceptors (Lipinski definition) is 6. The second kappa shape index (κ2) is 6.61. The zero-order valence-corrected chi connectivity index (χ0v) is 16.9. The van der Waals surface area contributed by atoms with Gasteiger partial charge in [0.2, 0.25) is 0 Å². The molecule has 0 unspecified atom stereocenters. The Hall–Kier alpha value is -2.82. The van der Waals surface area contributed by atoms with E-state index in [4.69, 9.17) is 10.5 Å². The van der Waals surface area contributed by atoms with Crippen LogP contribution in [0.1, 0.15) is 26.3 Å². The zero-order chi connectivity index (χ0) is 21.8. The van der Waals surface area contributed by atoms with Crippen LogP contribution in [-0.2, 0) is 16.0 Å². The molecule has 0 atom stereocenters. The van der Waals surface area contributed by atoms with Gasteiger partial charge in [-0.3, -0.25) is 4.40 Å². The fraction of sp³-hybridized carbons (Fsp3) is 0.333. The molecule has 3 rings (SSSR count). The van der Waals surface area contributed by atoms with Gasteiger partial charge in [-0.25, -0.2) is 18.4 Å². The molecule has 0 spiro atoms. The standard InChI is InChI=1S/C18H19F3N4O3S/c1-17(2,3)29(26,27)14-9-25-12(8-23-15(25)6-13(14)28-4)10-5-11(18(19,20)21)16(22)24-7-10/h5-9H,1-4H3,(H2,22,24). The molecular weight excluding hydrogens is 409 g/mol. The summed E-state index contributed by atoms with van der Waals surface area (Å²) in [6.45, 7) is 4.63. The topological polar surface area (TPSA) is 99.6 Å². The van der Waals surface area contributed by atoms with E-state index in [1.54, 1.807) is 20.8 Å². The van der Waals surface area contributed by atoms with E-state index < -0.39 is 32.1 Å². The molecule has 0 aliphatic heterocycles. The van der Waals surface area contributed by atoms with Gasteiger partial charge in [0, 0.05) is 24.0 Å². The van der Waals surface area contributed by atoms with Crippen molar-refractivity contribution in [3.05, 3.63) is 36.3 Å². The van der Waals surface area contributed by atoms with Crippen molar-refractivity contribution in [1.82, 2.24) is 14.4 Å². The van der Waals surface area contributed by atoms with E-state index >= 15 is 0 Å². The molecule has 156 valence electrons. The summed E-state index contributed by atoms with van der Waals surface area (Å²) in [4.78, 5) is 7.68. The summed E-state index contributed by atoms with van der Waals surface area (Å²) in [5, 5.41) is 0. The van der Waals surface area contributed by atoms with Crippen LogP contribution in [0.15, 0.2) is 35.6 Å². The van der Waals surface area contributed by atoms with E-state index in [-0.39, 0.29) is 21.9 Å². The Morgan fingerprint density at radius 3 is 2.31 bits per heavy atom. The quantitative estimate of drug-likeness (QED) is 0.685. The molecule has 7 nitrogen and oxygen atoms in total. The number of pyridine rings is 2. The maximum absolute atomic E-state index is 13.2. The number of alkyl halides is 3. The third kappa shape index (κ3) is 3.50. The van der Waals surface area contributed by atoms with Crippen LogP contribution in [0.25, 0.3) is 16.9 Å². The van der Waals surface area contributed by atoms with Gasteiger partial charge in [-0.05, 0) is 26.8 Å². The van der Waals surface area contributed by atoms with Crippen LogP contribution in [0.3, 0.4) is 0 Å². The SMILES string of the molecule is COc1cc2ncc(-c3cnc(N)c(C(F)(F)F)c3)n2cc1S(=O)(=O)C(C)(C)C. The highest BCUT2D eigenvalue weighted by molar-refractivity contribution is 7.92. The van der Waals surface area contributed by atoms with Crippen LogP contribution < -0.4 is 10.5 Å². The summed E-state index contributed by atoms with van der Waals surface area (Å²) in [7, 11) is -2.48. The number of ether oxygens (including phenoxy) is 1. The van der Waals surface area contributed by atoms with Crippen molar-refractivity contribution in [1.29, 1.82) is 0 Å². The van der Waals surface area contributed by atoms with Gasteiger partial charge >= 0.3 is 6.18 Å². The predicted octanol–water partition coefficient (Wildman–Crippen LogP) is 3.58. The van der Waals surface area contributed by atoms with Gasteiger partial charge in [0.25, 0.3) is 0 Å². The van der Waals surface area contributed by atoms with Crippen LogP contribution >= 0.6 is 0 Å². The Morgan fingerprint density at radius 2 is 1.76 bits per heavy atom. The maximum atomic E-state index is 13.2. The Labute approximate surface area is 165 Å². The average Bonchev–Trinajstić information content (AvgIpc) is 3.02. The summed E-state index contributed by atoms with van der Waals surface area (Å²) >= 11 is 0. The number of nitrogens with two attached hydrogens (primary N) is 1. The lowest BCUT2D eigenvalue weighted by atomic mass is 10.1. The van der Waals surface area contributed by atoms with Crippen LogP contribution in [0, 0.1) is 0 Å². The molecule has 0 aliphatic carbocycles. The Bertz CT molecular complexity index is 1200. The summed E-state index contributed by atoms with van der Waals surface area (Å²) in [6, 6.07) is 2.27. The normalized spacial score (nSPS) is 13.1. The van der Waals surface area contributed by atoms with Gasteiger partial charge in [-0.15, -0.1) is 0 Å². The molecule has 2 N–H and O–H groups in total. The molecule has 0 saturated carbocycles. The van der Waals surface area contributed by atoms with Gasteiger partial charge in [-0.2, -0.15) is 13.2 Å². The average molecular weight is 428 g/mol. The zero-order valence-electron chi connectivity index (χ0n) is 16.1. The smallest absolute Gasteiger partial charge is 0.419 e. The number of rotatable bonds is 3. The number of hydrogen-bond donors (Lipinski definition) is 1. The van der Waals surface area contributed by atoms with Crippen LogP contribution in [0.2, 0.25) is 0 Å². The molecule has 0 bridgehead atoms. The number of fused-ring (bicyclic) bond motifs is 1. The van der Waals surface area contributed by atoms with E-state index in [2.05, 4.69) is 9.97 Å². The highest BCUT2D eigenvalue weighted by Crippen LogP contribution is 2.37. The number of sulfone groups is 1. The minimum atomic E-state index is -4.68. The van der Waals surface area contributed by atoms with E-state index in [0.29, 0.717) is 5.65 Å². The lowest BCUT2D eigenvalue weighted by Gasteiger charge is -2.21. The first kappa shape index (κ1) is 20.9. The summed E-state index contributed by atoms with van der Waals surface area (Å²) in [5.74, 6) is -0.552. The number of aromatic nitrogens is 3. The van der Waals surface area contributed by atoms with Crippen LogP contribution in [-0.4, -0.2) is 34.6 Å². The van der Waals surface area contributed by atoms with E-state index in [9.17, 15) is 21.6 Å². The van der Waals surface area contributed by atoms with Crippen LogP contribution in [0.5, 0.6) is 5.75 Å². The molecule has 0 fully saturated rings. The number of anilines is 1. The van der Waals surface area contributed by atoms with E-state index in [1.807, 2.05) is 0 Å². The predicted molar refractivity (Wildman–Crippen MR) is 101 cm³/mol. The number of halogens is 3. The molecule has 3 aromatic heterocycles. The van der Waals surface area contributed by atoms with Crippen molar-refractivity contribution < 1.29 is 26.3 Å². The highest BCUT2D eigenvalue weighted by Gasteiger charge is 2.35. The van der Waals surface area contributed by atoms with Gasteiger partial charge in [0.15, 0.2) is 9.84 Å². The van der Waals surface area contributed by atoms with Gasteiger partial charge in [0.1, 0.15) is 22.1 Å². The molecule has 0 amide bonds. The molecule has 0 radical (unpaired) electrons. The van der Waals surface area contributed by atoms with Crippen molar-refractivity contribution in [2.24, 2.45) is 0 Å². The van der Waals surface area contributed by atoms with Crippen molar-refractivity contribution in [3.63, 3.8) is 0 Å². The fourth-order valence-electron chi connectivity index (χ4n) is 2.73. The molecular formula is C18H19F3N4O3S. The minimum Gasteiger partial charge on any atom is -0.495 e. The summed E-state index contributed by atoms with van der Waals surface area (Å²) in [5.41, 5.74) is 4.89. The number of nitrogens with zero attached hydrogens (tertiary/aromatic N) is 3. The Morgan fingerprint density at radius 1 is 1.10 bits per heavy atom. The maximum Gasteiger partial charge on any atom is 0.419 e. The van der Waals surface area contributed by atoms with Crippen molar-refractivity contribution >= 4 is 21.3 Å².